The van der Waals surface area contributed by atoms with E-state index >= 15 is 0 Å². The van der Waals surface area contributed by atoms with Crippen LogP contribution < -0.4 is 11.1 Å². The fraction of sp³-hybridized carbons (Fsp3) is 1.00. The molecule has 0 aliphatic carbocycles. The van der Waals surface area contributed by atoms with Crippen LogP contribution in [0.4, 0.5) is 0 Å². The molecule has 0 aliphatic rings. The van der Waals surface area contributed by atoms with Gasteiger partial charge in [-0.3, -0.25) is 10.2 Å². The van der Waals surface area contributed by atoms with E-state index in [1.54, 1.807) is 13.8 Å². The van der Waals surface area contributed by atoms with Crippen molar-refractivity contribution in [3.8, 4) is 0 Å². The van der Waals surface area contributed by atoms with E-state index in [0.29, 0.717) is 26.2 Å². The topological polar surface area (TPSA) is 81.8 Å². The summed E-state index contributed by atoms with van der Waals surface area (Å²) in [6, 6.07) is 0. The Labute approximate surface area is 79.5 Å². The molecule has 0 spiro atoms. The molecule has 5 N–H and O–H groups in total. The van der Waals surface area contributed by atoms with Crippen LogP contribution in [0.5, 0.6) is 0 Å². The highest BCUT2D eigenvalue weighted by atomic mass is 16.3. The molecule has 0 heterocycles. The van der Waals surface area contributed by atoms with Crippen molar-refractivity contribution in [1.82, 2.24) is 10.2 Å². The Bertz CT molecular complexity index is 120. The first kappa shape index (κ1) is 12.8. The molecule has 0 rings (SSSR count). The second kappa shape index (κ2) is 7.23. The van der Waals surface area contributed by atoms with Crippen LogP contribution in [0.15, 0.2) is 0 Å². The average molecular weight is 191 g/mol. The number of rotatable bonds is 7. The highest BCUT2D eigenvalue weighted by Gasteiger charge is 2.08. The summed E-state index contributed by atoms with van der Waals surface area (Å²) in [5, 5.41) is 21.1. The van der Waals surface area contributed by atoms with Gasteiger partial charge in [-0.25, -0.2) is 0 Å². The quantitative estimate of drug-likeness (QED) is 0.369. The standard InChI is InChI=1S/C8H21N3O2/c1-7(12)10-4-6-11(5-3-9)8(2)13/h7-8,10,12-13H,3-6,9H2,1-2H3. The number of nitrogens with zero attached hydrogens (tertiary/aromatic N) is 1. The van der Waals surface area contributed by atoms with Gasteiger partial charge in [0.15, 0.2) is 0 Å². The Morgan fingerprint density at radius 2 is 1.92 bits per heavy atom. The third kappa shape index (κ3) is 6.92. The van der Waals surface area contributed by atoms with E-state index in [-0.39, 0.29) is 0 Å². The zero-order chi connectivity index (χ0) is 10.3. The minimum absolute atomic E-state index is 0.487. The Kier molecular flexibility index (Phi) is 7.12. The molecular formula is C8H21N3O2. The van der Waals surface area contributed by atoms with Crippen molar-refractivity contribution >= 4 is 0 Å². The van der Waals surface area contributed by atoms with Gasteiger partial charge >= 0.3 is 0 Å². The molecule has 0 amide bonds. The van der Waals surface area contributed by atoms with Gasteiger partial charge in [-0.05, 0) is 13.8 Å². The fourth-order valence-electron chi connectivity index (χ4n) is 1.07. The van der Waals surface area contributed by atoms with Gasteiger partial charge in [-0.15, -0.1) is 0 Å². The first-order chi connectivity index (χ1) is 6.07. The van der Waals surface area contributed by atoms with Crippen molar-refractivity contribution in [2.24, 2.45) is 5.73 Å². The van der Waals surface area contributed by atoms with Crippen molar-refractivity contribution in [3.05, 3.63) is 0 Å². The Balaban J connectivity index is 3.57. The number of aliphatic hydroxyl groups excluding tert-OH is 2. The van der Waals surface area contributed by atoms with Gasteiger partial charge in [0.05, 0.1) is 0 Å². The smallest absolute Gasteiger partial charge is 0.104 e. The van der Waals surface area contributed by atoms with Crippen LogP contribution in [0.1, 0.15) is 13.8 Å². The van der Waals surface area contributed by atoms with Crippen molar-refractivity contribution in [3.63, 3.8) is 0 Å². The van der Waals surface area contributed by atoms with E-state index in [1.807, 2.05) is 4.90 Å². The van der Waals surface area contributed by atoms with E-state index in [1.165, 1.54) is 0 Å². The lowest BCUT2D eigenvalue weighted by Crippen LogP contribution is -2.42. The molecule has 0 fully saturated rings. The lowest BCUT2D eigenvalue weighted by atomic mass is 10.4. The first-order valence-electron chi connectivity index (χ1n) is 4.61. The van der Waals surface area contributed by atoms with E-state index in [2.05, 4.69) is 5.32 Å². The van der Waals surface area contributed by atoms with Crippen molar-refractivity contribution in [2.75, 3.05) is 26.2 Å². The van der Waals surface area contributed by atoms with Crippen LogP contribution in [0.3, 0.4) is 0 Å². The van der Waals surface area contributed by atoms with Crippen LogP contribution >= 0.6 is 0 Å². The first-order valence-corrected chi connectivity index (χ1v) is 4.61. The van der Waals surface area contributed by atoms with Gasteiger partial charge in [0, 0.05) is 26.2 Å². The maximum absolute atomic E-state index is 9.29. The Morgan fingerprint density at radius 1 is 1.31 bits per heavy atom. The molecule has 2 atom stereocenters. The minimum atomic E-state index is -0.506. The fourth-order valence-corrected chi connectivity index (χ4v) is 1.07. The molecule has 0 aromatic carbocycles. The van der Waals surface area contributed by atoms with Gasteiger partial charge < -0.3 is 15.9 Å². The van der Waals surface area contributed by atoms with E-state index < -0.39 is 12.5 Å². The number of hydrogen-bond acceptors (Lipinski definition) is 5. The summed E-state index contributed by atoms with van der Waals surface area (Å²) in [5.41, 5.74) is 5.38. The zero-order valence-electron chi connectivity index (χ0n) is 8.40. The third-order valence-corrected chi connectivity index (χ3v) is 1.78. The molecule has 0 bridgehead atoms. The van der Waals surface area contributed by atoms with Crippen molar-refractivity contribution in [1.29, 1.82) is 0 Å². The second-order valence-corrected chi connectivity index (χ2v) is 3.09. The van der Waals surface area contributed by atoms with Crippen LogP contribution in [0.25, 0.3) is 0 Å². The molecule has 2 unspecified atom stereocenters. The second-order valence-electron chi connectivity index (χ2n) is 3.09. The summed E-state index contributed by atoms with van der Waals surface area (Å²) in [5.74, 6) is 0. The lowest BCUT2D eigenvalue weighted by Gasteiger charge is -2.24. The highest BCUT2D eigenvalue weighted by Crippen LogP contribution is 1.92. The average Bonchev–Trinajstić information content (AvgIpc) is 2.02. The van der Waals surface area contributed by atoms with Crippen LogP contribution in [0.2, 0.25) is 0 Å². The molecule has 5 heteroatoms. The van der Waals surface area contributed by atoms with Crippen molar-refractivity contribution < 1.29 is 10.2 Å². The Hall–Kier alpha value is -0.200. The Morgan fingerprint density at radius 3 is 2.31 bits per heavy atom. The van der Waals surface area contributed by atoms with E-state index in [0.717, 1.165) is 0 Å². The molecule has 0 aromatic heterocycles. The molecule has 0 radical (unpaired) electrons. The molecular weight excluding hydrogens is 170 g/mol. The maximum atomic E-state index is 9.29. The summed E-state index contributed by atoms with van der Waals surface area (Å²) in [6.07, 6.45) is -0.993. The van der Waals surface area contributed by atoms with E-state index in [4.69, 9.17) is 10.8 Å². The van der Waals surface area contributed by atoms with Crippen LogP contribution in [0, 0.1) is 0 Å². The van der Waals surface area contributed by atoms with Gasteiger partial charge in [0.1, 0.15) is 12.5 Å². The lowest BCUT2D eigenvalue weighted by molar-refractivity contribution is 0.0187. The monoisotopic (exact) mass is 191 g/mol. The summed E-state index contributed by atoms with van der Waals surface area (Å²) >= 11 is 0. The molecule has 0 saturated heterocycles. The van der Waals surface area contributed by atoms with Crippen LogP contribution in [-0.4, -0.2) is 53.7 Å². The van der Waals surface area contributed by atoms with Gasteiger partial charge in [0.2, 0.25) is 0 Å². The molecule has 13 heavy (non-hydrogen) atoms. The number of aliphatic hydroxyl groups is 2. The van der Waals surface area contributed by atoms with Gasteiger partial charge in [0.25, 0.3) is 0 Å². The van der Waals surface area contributed by atoms with Crippen LogP contribution in [-0.2, 0) is 0 Å². The summed E-state index contributed by atoms with van der Waals surface area (Å²) in [7, 11) is 0. The van der Waals surface area contributed by atoms with Crippen molar-refractivity contribution in [2.45, 2.75) is 26.3 Å². The molecule has 0 saturated carbocycles. The SMILES string of the molecule is CC(O)NCCN(CCN)C(C)O. The summed E-state index contributed by atoms with van der Waals surface area (Å²) in [4.78, 5) is 1.84. The van der Waals surface area contributed by atoms with Gasteiger partial charge in [-0.2, -0.15) is 0 Å². The molecule has 0 aromatic rings. The normalized spacial score (nSPS) is 16.2. The predicted octanol–water partition coefficient (Wildman–Crippen LogP) is -1.49. The molecule has 0 aliphatic heterocycles. The number of nitrogens with one attached hydrogen (secondary N) is 1. The largest absolute Gasteiger partial charge is 0.379 e. The highest BCUT2D eigenvalue weighted by molar-refractivity contribution is 4.61. The molecule has 80 valence electrons. The summed E-state index contributed by atoms with van der Waals surface area (Å²) in [6.45, 7) is 5.88. The number of nitrogens with two attached hydrogens (primary N) is 1. The zero-order valence-corrected chi connectivity index (χ0v) is 8.40. The minimum Gasteiger partial charge on any atom is -0.379 e. The summed E-state index contributed by atoms with van der Waals surface area (Å²) < 4.78 is 0. The molecule has 5 nitrogen and oxygen atoms in total. The maximum Gasteiger partial charge on any atom is 0.104 e. The predicted molar refractivity (Wildman–Crippen MR) is 52.0 cm³/mol. The third-order valence-electron chi connectivity index (χ3n) is 1.78. The van der Waals surface area contributed by atoms with E-state index in [9.17, 15) is 5.11 Å². The number of hydrogen-bond donors (Lipinski definition) is 4. The van der Waals surface area contributed by atoms with Gasteiger partial charge in [-0.1, -0.05) is 0 Å².